The van der Waals surface area contributed by atoms with Crippen LogP contribution in [0.2, 0.25) is 5.02 Å². The van der Waals surface area contributed by atoms with Crippen LogP contribution < -0.4 is 10.6 Å². The van der Waals surface area contributed by atoms with Crippen molar-refractivity contribution in [3.8, 4) is 0 Å². The zero-order valence-corrected chi connectivity index (χ0v) is 12.3. The third kappa shape index (κ3) is 4.11. The number of nitrogens with one attached hydrogen (secondary N) is 2. The number of carbonyl (C=O) groups is 1. The highest BCUT2D eigenvalue weighted by Crippen LogP contribution is 2.24. The van der Waals surface area contributed by atoms with Gasteiger partial charge < -0.3 is 15.4 Å². The van der Waals surface area contributed by atoms with E-state index in [-0.39, 0.29) is 5.91 Å². The molecule has 6 heteroatoms. The first-order valence-corrected chi connectivity index (χ1v) is 7.88. The van der Waals surface area contributed by atoms with Crippen molar-refractivity contribution in [3.63, 3.8) is 0 Å². The molecular weight excluding hydrogens is 284 g/mol. The fraction of sp³-hybridized carbons (Fsp3) is 0.462. The van der Waals surface area contributed by atoms with Crippen molar-refractivity contribution in [1.29, 1.82) is 0 Å². The van der Waals surface area contributed by atoms with Gasteiger partial charge in [-0.05, 0) is 30.0 Å². The van der Waals surface area contributed by atoms with E-state index < -0.39 is 6.10 Å². The van der Waals surface area contributed by atoms with Crippen LogP contribution in [0, 0.1) is 0 Å². The van der Waals surface area contributed by atoms with E-state index in [0.717, 1.165) is 28.6 Å². The van der Waals surface area contributed by atoms with E-state index in [4.69, 9.17) is 16.3 Å². The Morgan fingerprint density at radius 1 is 1.63 bits per heavy atom. The molecule has 0 radical (unpaired) electrons. The van der Waals surface area contributed by atoms with Gasteiger partial charge in [0.1, 0.15) is 6.10 Å². The molecule has 1 aliphatic rings. The number of ether oxygens (including phenoxy) is 1. The molecule has 1 atom stereocenters. The van der Waals surface area contributed by atoms with Gasteiger partial charge in [0.15, 0.2) is 0 Å². The lowest BCUT2D eigenvalue weighted by atomic mass is 10.2. The first kappa shape index (κ1) is 14.7. The number of benzene rings is 1. The van der Waals surface area contributed by atoms with Gasteiger partial charge in [0.2, 0.25) is 0 Å². The molecule has 1 amide bonds. The number of halogens is 1. The molecule has 0 aliphatic carbocycles. The molecule has 1 aromatic carbocycles. The lowest BCUT2D eigenvalue weighted by Gasteiger charge is -2.22. The standard InChI is InChI=1S/C13H17ClN2O2S/c1-19-8-9-6-10(2-3-11(9)14)16-13(17)12-7-15-4-5-18-12/h2-3,6,12,15H,4-5,7-8H2,1H3,(H,16,17)/t12-/m0/s1. The number of hydrogen-bond donors (Lipinski definition) is 2. The minimum Gasteiger partial charge on any atom is -0.366 e. The van der Waals surface area contributed by atoms with Crippen LogP contribution >= 0.6 is 23.4 Å². The topological polar surface area (TPSA) is 50.4 Å². The van der Waals surface area contributed by atoms with Crippen molar-refractivity contribution in [1.82, 2.24) is 5.32 Å². The van der Waals surface area contributed by atoms with Crippen molar-refractivity contribution >= 4 is 35.0 Å². The molecule has 1 saturated heterocycles. The Hall–Kier alpha value is -0.750. The summed E-state index contributed by atoms with van der Waals surface area (Å²) in [5, 5.41) is 6.72. The Kier molecular flexibility index (Phi) is 5.51. The van der Waals surface area contributed by atoms with Gasteiger partial charge in [-0.1, -0.05) is 11.6 Å². The van der Waals surface area contributed by atoms with Gasteiger partial charge >= 0.3 is 0 Å². The van der Waals surface area contributed by atoms with Crippen LogP contribution in [0.5, 0.6) is 0 Å². The lowest BCUT2D eigenvalue weighted by molar-refractivity contribution is -0.128. The molecule has 4 nitrogen and oxygen atoms in total. The predicted molar refractivity (Wildman–Crippen MR) is 79.9 cm³/mol. The van der Waals surface area contributed by atoms with E-state index in [1.165, 1.54) is 0 Å². The van der Waals surface area contributed by atoms with Crippen LogP contribution in [-0.4, -0.2) is 38.0 Å². The number of thioether (sulfide) groups is 1. The molecule has 19 heavy (non-hydrogen) atoms. The summed E-state index contributed by atoms with van der Waals surface area (Å²) in [5.41, 5.74) is 1.78. The van der Waals surface area contributed by atoms with Crippen LogP contribution in [0.25, 0.3) is 0 Å². The monoisotopic (exact) mass is 300 g/mol. The van der Waals surface area contributed by atoms with E-state index in [0.29, 0.717) is 13.2 Å². The summed E-state index contributed by atoms with van der Waals surface area (Å²) < 4.78 is 5.41. The summed E-state index contributed by atoms with van der Waals surface area (Å²) in [4.78, 5) is 12.0. The first-order chi connectivity index (χ1) is 9.20. The van der Waals surface area contributed by atoms with Crippen molar-refractivity contribution in [3.05, 3.63) is 28.8 Å². The van der Waals surface area contributed by atoms with Gasteiger partial charge in [0.05, 0.1) is 6.61 Å². The maximum Gasteiger partial charge on any atom is 0.254 e. The van der Waals surface area contributed by atoms with Crippen LogP contribution in [0.1, 0.15) is 5.56 Å². The van der Waals surface area contributed by atoms with Gasteiger partial charge in [0.25, 0.3) is 5.91 Å². The van der Waals surface area contributed by atoms with E-state index in [9.17, 15) is 4.79 Å². The second-order valence-electron chi connectivity index (χ2n) is 4.29. The average Bonchev–Trinajstić information content (AvgIpc) is 2.44. The molecule has 2 N–H and O–H groups in total. The molecule has 0 unspecified atom stereocenters. The molecule has 2 rings (SSSR count). The molecular formula is C13H17ClN2O2S. The van der Waals surface area contributed by atoms with Crippen molar-refractivity contribution in [2.24, 2.45) is 0 Å². The summed E-state index contributed by atoms with van der Waals surface area (Å²) in [7, 11) is 0. The summed E-state index contributed by atoms with van der Waals surface area (Å²) >= 11 is 7.79. The highest BCUT2D eigenvalue weighted by Gasteiger charge is 2.21. The fourth-order valence-electron chi connectivity index (χ4n) is 1.88. The zero-order chi connectivity index (χ0) is 13.7. The van der Waals surface area contributed by atoms with Gasteiger partial charge in [-0.3, -0.25) is 4.79 Å². The Morgan fingerprint density at radius 3 is 3.16 bits per heavy atom. The molecule has 0 bridgehead atoms. The molecule has 0 spiro atoms. The van der Waals surface area contributed by atoms with Crippen molar-refractivity contribution < 1.29 is 9.53 Å². The predicted octanol–water partition coefficient (Wildman–Crippen LogP) is 2.13. The quantitative estimate of drug-likeness (QED) is 0.894. The summed E-state index contributed by atoms with van der Waals surface area (Å²) in [6.45, 7) is 1.91. The third-order valence-corrected chi connectivity index (χ3v) is 3.80. The third-order valence-electron chi connectivity index (χ3n) is 2.83. The Morgan fingerprint density at radius 2 is 2.47 bits per heavy atom. The molecule has 0 saturated carbocycles. The number of anilines is 1. The van der Waals surface area contributed by atoms with Gasteiger partial charge in [-0.15, -0.1) is 0 Å². The van der Waals surface area contributed by atoms with Crippen LogP contribution in [-0.2, 0) is 15.3 Å². The van der Waals surface area contributed by atoms with Gasteiger partial charge in [-0.2, -0.15) is 11.8 Å². The largest absolute Gasteiger partial charge is 0.366 e. The Bertz CT molecular complexity index is 450. The average molecular weight is 301 g/mol. The lowest BCUT2D eigenvalue weighted by Crippen LogP contribution is -2.45. The Balaban J connectivity index is 2.01. The zero-order valence-electron chi connectivity index (χ0n) is 10.7. The number of rotatable bonds is 4. The van der Waals surface area contributed by atoms with E-state index in [1.54, 1.807) is 17.8 Å². The first-order valence-electron chi connectivity index (χ1n) is 6.11. The number of morpholine rings is 1. The maximum atomic E-state index is 12.0. The van der Waals surface area contributed by atoms with Crippen molar-refractivity contribution in [2.75, 3.05) is 31.3 Å². The fourth-order valence-corrected chi connectivity index (χ4v) is 2.69. The van der Waals surface area contributed by atoms with Crippen LogP contribution in [0.4, 0.5) is 5.69 Å². The summed E-state index contributed by atoms with van der Waals surface area (Å²) in [6, 6.07) is 5.52. The highest BCUT2D eigenvalue weighted by molar-refractivity contribution is 7.97. The minimum atomic E-state index is -0.423. The normalized spacial score (nSPS) is 19.2. The second kappa shape index (κ2) is 7.14. The number of carbonyl (C=O) groups excluding carboxylic acids is 1. The van der Waals surface area contributed by atoms with Gasteiger partial charge in [-0.25, -0.2) is 0 Å². The number of amides is 1. The molecule has 1 fully saturated rings. The minimum absolute atomic E-state index is 0.121. The van der Waals surface area contributed by atoms with E-state index >= 15 is 0 Å². The van der Waals surface area contributed by atoms with Gasteiger partial charge in [0, 0.05) is 29.6 Å². The smallest absolute Gasteiger partial charge is 0.254 e. The van der Waals surface area contributed by atoms with E-state index in [2.05, 4.69) is 10.6 Å². The molecule has 1 aromatic rings. The molecule has 1 heterocycles. The molecule has 0 aromatic heterocycles. The summed E-state index contributed by atoms with van der Waals surface area (Å²) in [5.74, 6) is 0.703. The van der Waals surface area contributed by atoms with Crippen LogP contribution in [0.3, 0.4) is 0 Å². The van der Waals surface area contributed by atoms with E-state index in [1.807, 2.05) is 18.4 Å². The molecule has 104 valence electrons. The van der Waals surface area contributed by atoms with Crippen molar-refractivity contribution in [2.45, 2.75) is 11.9 Å². The van der Waals surface area contributed by atoms with Crippen LogP contribution in [0.15, 0.2) is 18.2 Å². The second-order valence-corrected chi connectivity index (χ2v) is 5.57. The maximum absolute atomic E-state index is 12.0. The molecule has 1 aliphatic heterocycles. The highest BCUT2D eigenvalue weighted by atomic mass is 35.5. The summed E-state index contributed by atoms with van der Waals surface area (Å²) in [6.07, 6.45) is 1.59. The Labute approximate surface area is 122 Å². The SMILES string of the molecule is CSCc1cc(NC(=O)[C@@H]2CNCCO2)ccc1Cl. The number of hydrogen-bond acceptors (Lipinski definition) is 4.